The Hall–Kier alpha value is -2.42. The number of hydrogen-bond donors (Lipinski definition) is 0. The van der Waals surface area contributed by atoms with Crippen LogP contribution in [0, 0.1) is 17.0 Å². The van der Waals surface area contributed by atoms with Crippen molar-refractivity contribution in [3.05, 3.63) is 45.6 Å². The van der Waals surface area contributed by atoms with Crippen molar-refractivity contribution in [2.24, 2.45) is 0 Å². The normalized spacial score (nSPS) is 15.4. The molecule has 1 amide bonds. The maximum absolute atomic E-state index is 12.8. The third-order valence-corrected chi connectivity index (χ3v) is 5.03. The zero-order valence-electron chi connectivity index (χ0n) is 14.0. The van der Waals surface area contributed by atoms with Crippen LogP contribution in [-0.2, 0) is 0 Å². The molecule has 0 saturated carbocycles. The lowest BCUT2D eigenvalue weighted by Crippen LogP contribution is -2.38. The van der Waals surface area contributed by atoms with Gasteiger partial charge in [-0.05, 0) is 38.2 Å². The number of nitro groups is 1. The van der Waals surface area contributed by atoms with E-state index in [0.29, 0.717) is 37.6 Å². The molecule has 2 heterocycles. The molecule has 0 unspecified atom stereocenters. The van der Waals surface area contributed by atoms with Gasteiger partial charge < -0.3 is 9.42 Å². The van der Waals surface area contributed by atoms with E-state index < -0.39 is 4.92 Å². The van der Waals surface area contributed by atoms with Crippen molar-refractivity contribution in [3.8, 4) is 0 Å². The smallest absolute Gasteiger partial charge is 0.282 e. The lowest BCUT2D eigenvalue weighted by Gasteiger charge is -2.30. The van der Waals surface area contributed by atoms with Crippen LogP contribution < -0.4 is 0 Å². The Morgan fingerprint density at radius 1 is 1.40 bits per heavy atom. The van der Waals surface area contributed by atoms with E-state index >= 15 is 0 Å². The van der Waals surface area contributed by atoms with E-state index in [4.69, 9.17) is 4.52 Å². The van der Waals surface area contributed by atoms with E-state index in [0.717, 1.165) is 4.90 Å². The average Bonchev–Trinajstić information content (AvgIpc) is 3.07. The fourth-order valence-electron chi connectivity index (χ4n) is 2.95. The summed E-state index contributed by atoms with van der Waals surface area (Å²) in [6.45, 7) is 2.78. The second-order valence-electron chi connectivity index (χ2n) is 5.89. The van der Waals surface area contributed by atoms with Crippen LogP contribution in [0.5, 0.6) is 0 Å². The molecular weight excluding hydrogens is 344 g/mol. The molecule has 1 aromatic heterocycles. The van der Waals surface area contributed by atoms with E-state index in [-0.39, 0.29) is 23.1 Å². The van der Waals surface area contributed by atoms with Gasteiger partial charge in [-0.3, -0.25) is 14.9 Å². The quantitative estimate of drug-likeness (QED) is 0.468. The Morgan fingerprint density at radius 3 is 2.68 bits per heavy atom. The lowest BCUT2D eigenvalue weighted by atomic mass is 9.96. The summed E-state index contributed by atoms with van der Waals surface area (Å²) in [7, 11) is 0. The third-order valence-electron chi connectivity index (χ3n) is 4.31. The van der Waals surface area contributed by atoms with Gasteiger partial charge in [0.1, 0.15) is 5.56 Å². The minimum absolute atomic E-state index is 0.123. The van der Waals surface area contributed by atoms with Crippen molar-refractivity contribution >= 4 is 23.4 Å². The molecule has 8 nitrogen and oxygen atoms in total. The molecule has 1 fully saturated rings. The van der Waals surface area contributed by atoms with Gasteiger partial charge in [-0.1, -0.05) is 5.16 Å². The molecule has 2 aromatic rings. The molecule has 1 saturated heterocycles. The molecule has 25 heavy (non-hydrogen) atoms. The highest BCUT2D eigenvalue weighted by atomic mass is 32.2. The number of hydrogen-bond acceptors (Lipinski definition) is 7. The summed E-state index contributed by atoms with van der Waals surface area (Å²) in [5, 5.41) is 15.0. The Labute approximate surface area is 148 Å². The highest BCUT2D eigenvalue weighted by Gasteiger charge is 2.30. The van der Waals surface area contributed by atoms with Crippen LogP contribution in [-0.4, -0.2) is 45.2 Å². The van der Waals surface area contributed by atoms with Crippen molar-refractivity contribution in [2.45, 2.75) is 30.6 Å². The lowest BCUT2D eigenvalue weighted by molar-refractivity contribution is -0.385. The molecule has 0 N–H and O–H groups in total. The van der Waals surface area contributed by atoms with Gasteiger partial charge in [0, 0.05) is 30.0 Å². The molecule has 0 aliphatic carbocycles. The number of aryl methyl sites for hydroxylation is 1. The van der Waals surface area contributed by atoms with Crippen LogP contribution in [0.2, 0.25) is 0 Å². The van der Waals surface area contributed by atoms with E-state index in [1.165, 1.54) is 17.8 Å². The number of thioether (sulfide) groups is 1. The predicted octanol–water partition coefficient (Wildman–Crippen LogP) is 3.03. The first-order valence-electron chi connectivity index (χ1n) is 7.91. The van der Waals surface area contributed by atoms with Gasteiger partial charge in [0.2, 0.25) is 5.89 Å². The minimum Gasteiger partial charge on any atom is -0.339 e. The van der Waals surface area contributed by atoms with Crippen LogP contribution in [0.25, 0.3) is 0 Å². The fourth-order valence-corrected chi connectivity index (χ4v) is 3.39. The Kier molecular flexibility index (Phi) is 5.03. The van der Waals surface area contributed by atoms with Gasteiger partial charge in [-0.2, -0.15) is 4.98 Å². The number of benzene rings is 1. The number of aromatic nitrogens is 2. The first kappa shape index (κ1) is 17.4. The maximum Gasteiger partial charge on any atom is 0.282 e. The summed E-state index contributed by atoms with van der Waals surface area (Å²) >= 11 is 1.45. The Balaban J connectivity index is 1.75. The summed E-state index contributed by atoms with van der Waals surface area (Å²) < 4.78 is 5.21. The van der Waals surface area contributed by atoms with E-state index in [9.17, 15) is 14.9 Å². The molecule has 1 aliphatic rings. The molecule has 0 radical (unpaired) electrons. The average molecular weight is 362 g/mol. The monoisotopic (exact) mass is 362 g/mol. The number of nitro benzene ring substituents is 1. The zero-order valence-corrected chi connectivity index (χ0v) is 14.8. The second kappa shape index (κ2) is 7.22. The molecular formula is C16H18N4O4S. The number of amides is 1. The van der Waals surface area contributed by atoms with E-state index in [1.54, 1.807) is 24.0 Å². The number of carbonyl (C=O) groups excluding carboxylic acids is 1. The highest BCUT2D eigenvalue weighted by Crippen LogP contribution is 2.30. The van der Waals surface area contributed by atoms with Gasteiger partial charge in [-0.15, -0.1) is 11.8 Å². The highest BCUT2D eigenvalue weighted by molar-refractivity contribution is 7.98. The molecule has 0 spiro atoms. The van der Waals surface area contributed by atoms with E-state index in [2.05, 4.69) is 10.1 Å². The fraction of sp³-hybridized carbons (Fsp3) is 0.438. The molecule has 1 aliphatic heterocycles. The van der Waals surface area contributed by atoms with Gasteiger partial charge in [0.15, 0.2) is 5.82 Å². The second-order valence-corrected chi connectivity index (χ2v) is 6.77. The molecule has 0 atom stereocenters. The summed E-state index contributed by atoms with van der Waals surface area (Å²) in [6, 6.07) is 4.65. The van der Waals surface area contributed by atoms with Gasteiger partial charge >= 0.3 is 0 Å². The zero-order chi connectivity index (χ0) is 18.0. The number of piperidine rings is 1. The summed E-state index contributed by atoms with van der Waals surface area (Å²) in [4.78, 5) is 30.3. The van der Waals surface area contributed by atoms with Crippen LogP contribution >= 0.6 is 11.8 Å². The van der Waals surface area contributed by atoms with E-state index in [1.807, 2.05) is 6.26 Å². The molecule has 0 bridgehead atoms. The first-order valence-corrected chi connectivity index (χ1v) is 9.14. The number of rotatable bonds is 4. The summed E-state index contributed by atoms with van der Waals surface area (Å²) in [5.41, 5.74) is -0.0126. The first-order chi connectivity index (χ1) is 12.0. The number of likely N-dealkylation sites (tertiary alicyclic amines) is 1. The molecule has 3 rings (SSSR count). The summed E-state index contributed by atoms with van der Waals surface area (Å²) in [5.74, 6) is 1.01. The SMILES string of the molecule is CSc1ccc([N+](=O)[O-])c(C(=O)N2CCC(c3nc(C)no3)CC2)c1. The third kappa shape index (κ3) is 3.65. The molecule has 9 heteroatoms. The molecule has 132 valence electrons. The molecule has 1 aromatic carbocycles. The van der Waals surface area contributed by atoms with Crippen molar-refractivity contribution in [2.75, 3.05) is 19.3 Å². The van der Waals surface area contributed by atoms with Crippen molar-refractivity contribution in [1.29, 1.82) is 0 Å². The van der Waals surface area contributed by atoms with Crippen LogP contribution in [0.15, 0.2) is 27.6 Å². The van der Waals surface area contributed by atoms with Crippen molar-refractivity contribution < 1.29 is 14.2 Å². The van der Waals surface area contributed by atoms with Gasteiger partial charge in [0.05, 0.1) is 4.92 Å². The maximum atomic E-state index is 12.8. The van der Waals surface area contributed by atoms with Crippen molar-refractivity contribution in [3.63, 3.8) is 0 Å². The van der Waals surface area contributed by atoms with Crippen LogP contribution in [0.3, 0.4) is 0 Å². The topological polar surface area (TPSA) is 102 Å². The standard InChI is InChI=1S/C16H18N4O4S/c1-10-17-15(24-18-10)11-5-7-19(8-6-11)16(21)13-9-12(25-2)3-4-14(13)20(22)23/h3-4,9,11H,5-8H2,1-2H3. The Bertz CT molecular complexity index is 799. The van der Waals surface area contributed by atoms with Crippen LogP contribution in [0.1, 0.15) is 40.8 Å². The minimum atomic E-state index is -0.509. The van der Waals surface area contributed by atoms with Gasteiger partial charge in [-0.25, -0.2) is 0 Å². The van der Waals surface area contributed by atoms with Crippen LogP contribution in [0.4, 0.5) is 5.69 Å². The predicted molar refractivity (Wildman–Crippen MR) is 91.8 cm³/mol. The Morgan fingerprint density at radius 2 is 2.12 bits per heavy atom. The van der Waals surface area contributed by atoms with Gasteiger partial charge in [0.25, 0.3) is 11.6 Å². The number of carbonyl (C=O) groups is 1. The number of nitrogens with zero attached hydrogens (tertiary/aromatic N) is 4. The summed E-state index contributed by atoms with van der Waals surface area (Å²) in [6.07, 6.45) is 3.26. The largest absolute Gasteiger partial charge is 0.339 e. The van der Waals surface area contributed by atoms with Crippen molar-refractivity contribution in [1.82, 2.24) is 15.0 Å².